The summed E-state index contributed by atoms with van der Waals surface area (Å²) >= 11 is 5.63. The van der Waals surface area contributed by atoms with Crippen LogP contribution < -0.4 is 4.74 Å². The Labute approximate surface area is 85.9 Å². The van der Waals surface area contributed by atoms with Gasteiger partial charge in [-0.2, -0.15) is 0 Å². The first-order valence-corrected chi connectivity index (χ1v) is 4.43. The molecule has 0 bridgehead atoms. The lowest BCUT2D eigenvalue weighted by molar-refractivity contribution is 0.412. The van der Waals surface area contributed by atoms with Gasteiger partial charge in [-0.15, -0.1) is 10.2 Å². The molecular weight excluding hydrogens is 202 g/mol. The predicted octanol–water partition coefficient (Wildman–Crippen LogP) is 2.00. The second-order valence-electron chi connectivity index (χ2n) is 2.89. The van der Waals surface area contributed by atoms with Crippen LogP contribution in [0.1, 0.15) is 5.56 Å². The zero-order chi connectivity index (χ0) is 10.1. The number of ether oxygens (including phenoxy) is 1. The maximum Gasteiger partial charge on any atom is 0.243 e. The van der Waals surface area contributed by atoms with Gasteiger partial charge in [0.1, 0.15) is 11.3 Å². The van der Waals surface area contributed by atoms with Crippen molar-refractivity contribution in [3.63, 3.8) is 0 Å². The van der Waals surface area contributed by atoms with E-state index in [0.717, 1.165) is 16.8 Å². The highest BCUT2D eigenvalue weighted by Gasteiger charge is 2.04. The van der Waals surface area contributed by atoms with E-state index in [1.54, 1.807) is 13.2 Å². The molecule has 14 heavy (non-hydrogen) atoms. The second-order valence-corrected chi connectivity index (χ2v) is 3.23. The number of hydrogen-bond acceptors (Lipinski definition) is 4. The van der Waals surface area contributed by atoms with Crippen molar-refractivity contribution in [2.75, 3.05) is 7.11 Å². The molecule has 2 aromatic rings. The molecule has 0 saturated heterocycles. The molecule has 0 N–H and O–H groups in total. The van der Waals surface area contributed by atoms with Gasteiger partial charge in [-0.1, -0.05) is 0 Å². The van der Waals surface area contributed by atoms with Crippen LogP contribution in [0.3, 0.4) is 0 Å². The van der Waals surface area contributed by atoms with Crippen LogP contribution in [0.15, 0.2) is 12.1 Å². The van der Waals surface area contributed by atoms with Crippen molar-refractivity contribution < 1.29 is 4.74 Å². The molecule has 0 atom stereocenters. The SMILES string of the molecule is COc1cc2nnc(Cl)nc2cc1C. The number of hydrogen-bond donors (Lipinski definition) is 0. The maximum atomic E-state index is 5.63. The fourth-order valence-corrected chi connectivity index (χ4v) is 1.40. The first kappa shape index (κ1) is 9.15. The van der Waals surface area contributed by atoms with E-state index in [0.29, 0.717) is 5.52 Å². The van der Waals surface area contributed by atoms with E-state index < -0.39 is 0 Å². The minimum absolute atomic E-state index is 0.155. The summed E-state index contributed by atoms with van der Waals surface area (Å²) in [5.41, 5.74) is 2.40. The van der Waals surface area contributed by atoms with E-state index in [1.807, 2.05) is 13.0 Å². The minimum Gasteiger partial charge on any atom is -0.496 e. The highest BCUT2D eigenvalue weighted by Crippen LogP contribution is 2.22. The molecule has 0 aliphatic heterocycles. The fraction of sp³-hybridized carbons (Fsp3) is 0.222. The van der Waals surface area contributed by atoms with Crippen molar-refractivity contribution in [1.82, 2.24) is 15.2 Å². The molecule has 0 saturated carbocycles. The number of aromatic nitrogens is 3. The van der Waals surface area contributed by atoms with Crippen LogP contribution in [-0.4, -0.2) is 22.3 Å². The lowest BCUT2D eigenvalue weighted by atomic mass is 10.2. The summed E-state index contributed by atoms with van der Waals surface area (Å²) in [4.78, 5) is 4.05. The van der Waals surface area contributed by atoms with Gasteiger partial charge in [0.25, 0.3) is 0 Å². The molecule has 1 aromatic carbocycles. The van der Waals surface area contributed by atoms with E-state index in [2.05, 4.69) is 15.2 Å². The van der Waals surface area contributed by atoms with Gasteiger partial charge >= 0.3 is 0 Å². The van der Waals surface area contributed by atoms with E-state index in [1.165, 1.54) is 0 Å². The van der Waals surface area contributed by atoms with Gasteiger partial charge in [0.05, 0.1) is 12.6 Å². The molecule has 0 unspecified atom stereocenters. The van der Waals surface area contributed by atoms with Crippen LogP contribution >= 0.6 is 11.6 Å². The molecule has 0 aliphatic rings. The summed E-state index contributed by atoms with van der Waals surface area (Å²) in [5.74, 6) is 0.774. The Kier molecular flexibility index (Phi) is 2.21. The molecule has 0 aliphatic carbocycles. The summed E-state index contributed by atoms with van der Waals surface area (Å²) in [7, 11) is 1.62. The first-order valence-electron chi connectivity index (χ1n) is 4.05. The van der Waals surface area contributed by atoms with Gasteiger partial charge in [0.2, 0.25) is 5.28 Å². The highest BCUT2D eigenvalue weighted by atomic mass is 35.5. The van der Waals surface area contributed by atoms with E-state index >= 15 is 0 Å². The number of nitrogens with zero attached hydrogens (tertiary/aromatic N) is 3. The number of rotatable bonds is 1. The molecule has 0 spiro atoms. The zero-order valence-electron chi connectivity index (χ0n) is 7.78. The van der Waals surface area contributed by atoms with Crippen molar-refractivity contribution in [2.24, 2.45) is 0 Å². The van der Waals surface area contributed by atoms with Crippen LogP contribution in [0.5, 0.6) is 5.75 Å². The van der Waals surface area contributed by atoms with Gasteiger partial charge in [-0.25, -0.2) is 4.98 Å². The normalized spacial score (nSPS) is 10.5. The predicted molar refractivity (Wildman–Crippen MR) is 53.6 cm³/mol. The summed E-state index contributed by atoms with van der Waals surface area (Å²) in [6.45, 7) is 1.94. The fourth-order valence-electron chi connectivity index (χ4n) is 1.27. The number of benzene rings is 1. The third-order valence-corrected chi connectivity index (χ3v) is 2.11. The van der Waals surface area contributed by atoms with Crippen LogP contribution in [0, 0.1) is 6.92 Å². The summed E-state index contributed by atoms with van der Waals surface area (Å²) in [6.07, 6.45) is 0. The third-order valence-electron chi connectivity index (χ3n) is 1.95. The van der Waals surface area contributed by atoms with Gasteiger partial charge in [0, 0.05) is 6.07 Å². The smallest absolute Gasteiger partial charge is 0.243 e. The molecule has 1 heterocycles. The van der Waals surface area contributed by atoms with Crippen molar-refractivity contribution in [2.45, 2.75) is 6.92 Å². The second kappa shape index (κ2) is 3.38. The molecule has 72 valence electrons. The average Bonchev–Trinajstić information content (AvgIpc) is 2.16. The number of halogens is 1. The van der Waals surface area contributed by atoms with Crippen LogP contribution in [0.25, 0.3) is 11.0 Å². The van der Waals surface area contributed by atoms with Gasteiger partial charge in [-0.3, -0.25) is 0 Å². The van der Waals surface area contributed by atoms with E-state index in [9.17, 15) is 0 Å². The molecule has 2 rings (SSSR count). The van der Waals surface area contributed by atoms with Gasteiger partial charge in [-0.05, 0) is 30.2 Å². The van der Waals surface area contributed by atoms with E-state index in [4.69, 9.17) is 16.3 Å². The average molecular weight is 210 g/mol. The molecule has 0 fully saturated rings. The Morgan fingerprint density at radius 1 is 1.21 bits per heavy atom. The lowest BCUT2D eigenvalue weighted by Gasteiger charge is -2.04. The number of methoxy groups -OCH3 is 1. The van der Waals surface area contributed by atoms with Crippen LogP contribution in [0.4, 0.5) is 0 Å². The summed E-state index contributed by atoms with van der Waals surface area (Å²) in [5, 5.41) is 7.72. The van der Waals surface area contributed by atoms with E-state index in [-0.39, 0.29) is 5.28 Å². The topological polar surface area (TPSA) is 47.9 Å². The molecular formula is C9H8ClN3O. The van der Waals surface area contributed by atoms with Crippen LogP contribution in [-0.2, 0) is 0 Å². The van der Waals surface area contributed by atoms with Crippen molar-refractivity contribution in [1.29, 1.82) is 0 Å². The zero-order valence-corrected chi connectivity index (χ0v) is 8.54. The third kappa shape index (κ3) is 1.48. The van der Waals surface area contributed by atoms with Gasteiger partial charge in [0.15, 0.2) is 0 Å². The molecule has 4 nitrogen and oxygen atoms in total. The standard InChI is InChI=1S/C9H8ClN3O/c1-5-3-6-7(4-8(5)14-2)12-13-9(10)11-6/h3-4H,1-2H3. The van der Waals surface area contributed by atoms with Crippen molar-refractivity contribution in [3.05, 3.63) is 23.0 Å². The Balaban J connectivity index is 2.73. The quantitative estimate of drug-likeness (QED) is 0.721. The van der Waals surface area contributed by atoms with Crippen LogP contribution in [0.2, 0.25) is 5.28 Å². The maximum absolute atomic E-state index is 5.63. The lowest BCUT2D eigenvalue weighted by Crippen LogP contribution is -1.93. The Bertz CT molecular complexity index is 487. The first-order chi connectivity index (χ1) is 6.70. The highest BCUT2D eigenvalue weighted by molar-refractivity contribution is 6.28. The largest absolute Gasteiger partial charge is 0.496 e. The Hall–Kier alpha value is -1.42. The monoisotopic (exact) mass is 209 g/mol. The molecule has 5 heteroatoms. The number of aryl methyl sites for hydroxylation is 1. The minimum atomic E-state index is 0.155. The van der Waals surface area contributed by atoms with Crippen molar-refractivity contribution in [3.8, 4) is 5.75 Å². The Morgan fingerprint density at radius 3 is 2.71 bits per heavy atom. The Morgan fingerprint density at radius 2 is 2.00 bits per heavy atom. The molecule has 0 amide bonds. The van der Waals surface area contributed by atoms with Gasteiger partial charge < -0.3 is 4.74 Å². The van der Waals surface area contributed by atoms with Crippen molar-refractivity contribution >= 4 is 22.6 Å². The molecule has 1 aromatic heterocycles. The molecule has 0 radical (unpaired) electrons. The summed E-state index contributed by atoms with van der Waals surface area (Å²) in [6, 6.07) is 3.66. The summed E-state index contributed by atoms with van der Waals surface area (Å²) < 4.78 is 5.15. The number of fused-ring (bicyclic) bond motifs is 1.